The van der Waals surface area contributed by atoms with Crippen molar-refractivity contribution in [3.05, 3.63) is 33.3 Å². The van der Waals surface area contributed by atoms with Crippen LogP contribution in [0.5, 0.6) is 0 Å². The molecule has 0 amide bonds. The maximum atomic E-state index is 10.2. The van der Waals surface area contributed by atoms with Gasteiger partial charge in [0.25, 0.3) is 5.69 Å². The van der Waals surface area contributed by atoms with Gasteiger partial charge in [-0.25, -0.2) is 0 Å². The molecule has 0 fully saturated rings. The fraction of sp³-hybridized carbons (Fsp3) is 0. The van der Waals surface area contributed by atoms with E-state index in [-0.39, 0.29) is 16.4 Å². The highest BCUT2D eigenvalue weighted by molar-refractivity contribution is 6.30. The Morgan fingerprint density at radius 3 is 2.82 bits per heavy atom. The van der Waals surface area contributed by atoms with E-state index < -0.39 is 4.92 Å². The second-order valence-corrected chi connectivity index (χ2v) is 2.31. The molecule has 1 aromatic rings. The van der Waals surface area contributed by atoms with Crippen molar-refractivity contribution in [1.29, 1.82) is 0 Å². The molecule has 0 aliphatic carbocycles. The number of nitrogens with two attached hydrogens (primary N) is 1. The molecule has 5 heteroatoms. The summed E-state index contributed by atoms with van der Waals surface area (Å²) < 4.78 is 0. The minimum Gasteiger partial charge on any atom is -0.393 e. The minimum atomic E-state index is -0.599. The maximum Gasteiger partial charge on any atom is 0.294 e. The Balaban J connectivity index is 3.23. The highest BCUT2D eigenvalue weighted by Crippen LogP contribution is 2.23. The second-order valence-electron chi connectivity index (χ2n) is 1.87. The molecule has 0 spiro atoms. The molecule has 0 aromatic heterocycles. The highest BCUT2D eigenvalue weighted by atomic mass is 35.5. The zero-order valence-electron chi connectivity index (χ0n) is 5.37. The third-order valence-corrected chi connectivity index (χ3v) is 1.33. The lowest BCUT2D eigenvalue weighted by Gasteiger charge is -1.94. The molecular weight excluding hydrogens is 168 g/mol. The number of nitrogen functional groups attached to an aromatic ring is 1. The van der Waals surface area contributed by atoms with Crippen LogP contribution >= 0.6 is 11.6 Å². The van der Waals surface area contributed by atoms with Crippen molar-refractivity contribution in [1.82, 2.24) is 0 Å². The van der Waals surface area contributed by atoms with Gasteiger partial charge in [0.2, 0.25) is 0 Å². The Bertz CT molecular complexity index is 301. The molecule has 0 atom stereocenters. The van der Waals surface area contributed by atoms with Gasteiger partial charge < -0.3 is 5.73 Å². The fourth-order valence-corrected chi connectivity index (χ4v) is 0.780. The molecule has 0 saturated carbocycles. The van der Waals surface area contributed by atoms with Crippen molar-refractivity contribution in [3.8, 4) is 0 Å². The van der Waals surface area contributed by atoms with E-state index in [4.69, 9.17) is 17.3 Å². The van der Waals surface area contributed by atoms with Crippen LogP contribution in [0.4, 0.5) is 11.4 Å². The summed E-state index contributed by atoms with van der Waals surface area (Å²) in [6.07, 6.45) is 0. The molecule has 4 nitrogen and oxygen atoms in total. The summed E-state index contributed by atoms with van der Waals surface area (Å²) in [5, 5.41) is 10.5. The van der Waals surface area contributed by atoms with Gasteiger partial charge in [-0.05, 0) is 6.07 Å². The average molecular weight is 172 g/mol. The van der Waals surface area contributed by atoms with Gasteiger partial charge >= 0.3 is 0 Å². The van der Waals surface area contributed by atoms with E-state index in [9.17, 15) is 10.1 Å². The van der Waals surface area contributed by atoms with Crippen molar-refractivity contribution in [3.63, 3.8) is 0 Å². The van der Waals surface area contributed by atoms with Crippen molar-refractivity contribution in [2.24, 2.45) is 0 Å². The summed E-state index contributed by atoms with van der Waals surface area (Å²) in [6, 6.07) is 5.02. The van der Waals surface area contributed by atoms with Crippen molar-refractivity contribution in [2.75, 3.05) is 5.73 Å². The van der Waals surface area contributed by atoms with Gasteiger partial charge in [-0.15, -0.1) is 0 Å². The molecular formula is C6H4ClN2O2. The summed E-state index contributed by atoms with van der Waals surface area (Å²) in [7, 11) is 0. The maximum absolute atomic E-state index is 10.2. The van der Waals surface area contributed by atoms with E-state index >= 15 is 0 Å². The van der Waals surface area contributed by atoms with Crippen LogP contribution in [0.1, 0.15) is 0 Å². The highest BCUT2D eigenvalue weighted by Gasteiger charge is 2.10. The molecule has 11 heavy (non-hydrogen) atoms. The Morgan fingerprint density at radius 1 is 1.73 bits per heavy atom. The molecule has 0 aliphatic rings. The van der Waals surface area contributed by atoms with Crippen molar-refractivity contribution in [2.45, 2.75) is 0 Å². The third-order valence-electron chi connectivity index (χ3n) is 1.11. The van der Waals surface area contributed by atoms with Crippen LogP contribution < -0.4 is 5.73 Å². The van der Waals surface area contributed by atoms with Gasteiger partial charge in [0, 0.05) is 17.2 Å². The number of nitro benzene ring substituents is 1. The number of nitro groups is 1. The van der Waals surface area contributed by atoms with E-state index in [1.165, 1.54) is 12.1 Å². The topological polar surface area (TPSA) is 69.2 Å². The number of nitrogens with zero attached hydrogens (tertiary/aromatic N) is 1. The predicted molar refractivity (Wildman–Crippen MR) is 41.4 cm³/mol. The first kappa shape index (κ1) is 7.81. The SMILES string of the molecule is Nc1[c]cc(Cl)cc1[N+](=O)[O-]. The first-order chi connectivity index (χ1) is 5.11. The first-order valence-electron chi connectivity index (χ1n) is 2.72. The zero-order valence-corrected chi connectivity index (χ0v) is 6.13. The lowest BCUT2D eigenvalue weighted by atomic mass is 10.3. The van der Waals surface area contributed by atoms with Crippen LogP contribution in [0.2, 0.25) is 5.02 Å². The summed E-state index contributed by atoms with van der Waals surface area (Å²) in [4.78, 5) is 9.62. The lowest BCUT2D eigenvalue weighted by Crippen LogP contribution is -1.94. The Labute approximate surface area is 67.7 Å². The van der Waals surface area contributed by atoms with Crippen LogP contribution in [0.25, 0.3) is 0 Å². The molecule has 0 saturated heterocycles. The van der Waals surface area contributed by atoms with E-state index in [0.29, 0.717) is 0 Å². The molecule has 0 aliphatic heterocycles. The van der Waals surface area contributed by atoms with Crippen molar-refractivity contribution >= 4 is 23.0 Å². The third kappa shape index (κ3) is 1.59. The number of halogens is 1. The summed E-state index contributed by atoms with van der Waals surface area (Å²) >= 11 is 5.47. The number of rotatable bonds is 1. The molecule has 1 radical (unpaired) electrons. The Hall–Kier alpha value is -1.29. The van der Waals surface area contributed by atoms with E-state index in [1.54, 1.807) is 0 Å². The number of hydrogen-bond donors (Lipinski definition) is 1. The molecule has 0 bridgehead atoms. The van der Waals surface area contributed by atoms with Crippen LogP contribution in [-0.4, -0.2) is 4.92 Å². The largest absolute Gasteiger partial charge is 0.393 e. The van der Waals surface area contributed by atoms with E-state index in [0.717, 1.165) is 0 Å². The molecule has 1 aromatic carbocycles. The number of hydrogen-bond acceptors (Lipinski definition) is 3. The molecule has 0 heterocycles. The normalized spacial score (nSPS) is 9.55. The van der Waals surface area contributed by atoms with Crippen molar-refractivity contribution < 1.29 is 4.92 Å². The predicted octanol–water partition coefficient (Wildman–Crippen LogP) is 1.63. The van der Waals surface area contributed by atoms with Gasteiger partial charge in [-0.2, -0.15) is 0 Å². The van der Waals surface area contributed by atoms with Crippen LogP contribution in [-0.2, 0) is 0 Å². The molecule has 1 rings (SSSR count). The Kier molecular flexibility index (Phi) is 1.96. The summed E-state index contributed by atoms with van der Waals surface area (Å²) in [5.41, 5.74) is 5.02. The van der Waals surface area contributed by atoms with E-state index in [2.05, 4.69) is 6.07 Å². The number of anilines is 1. The van der Waals surface area contributed by atoms with Crippen LogP contribution in [0, 0.1) is 16.2 Å². The summed E-state index contributed by atoms with van der Waals surface area (Å²) in [5.74, 6) is 0. The van der Waals surface area contributed by atoms with Gasteiger partial charge in [0.05, 0.1) is 4.92 Å². The molecule has 2 N–H and O–H groups in total. The molecule has 57 valence electrons. The fourth-order valence-electron chi connectivity index (χ4n) is 0.622. The average Bonchev–Trinajstić information content (AvgIpc) is 1.94. The summed E-state index contributed by atoms with van der Waals surface area (Å²) in [6.45, 7) is 0. The van der Waals surface area contributed by atoms with Gasteiger partial charge in [-0.3, -0.25) is 10.1 Å². The molecule has 0 unspecified atom stereocenters. The Morgan fingerprint density at radius 2 is 2.36 bits per heavy atom. The van der Waals surface area contributed by atoms with Crippen LogP contribution in [0.15, 0.2) is 12.1 Å². The quantitative estimate of drug-likeness (QED) is 0.397. The van der Waals surface area contributed by atoms with E-state index in [1.807, 2.05) is 0 Å². The van der Waals surface area contributed by atoms with Gasteiger partial charge in [0.1, 0.15) is 5.69 Å². The standard InChI is InChI=1S/C6H4ClN2O2/c7-4-1-2-5(8)6(3-4)9(10)11/h1,3H,8H2. The minimum absolute atomic E-state index is 0.000556. The first-order valence-corrected chi connectivity index (χ1v) is 3.10. The number of benzene rings is 1. The lowest BCUT2D eigenvalue weighted by molar-refractivity contribution is -0.383. The smallest absolute Gasteiger partial charge is 0.294 e. The second kappa shape index (κ2) is 2.75. The van der Waals surface area contributed by atoms with Gasteiger partial charge in [-0.1, -0.05) is 11.6 Å². The monoisotopic (exact) mass is 171 g/mol. The zero-order chi connectivity index (χ0) is 8.43. The van der Waals surface area contributed by atoms with Crippen LogP contribution in [0.3, 0.4) is 0 Å². The van der Waals surface area contributed by atoms with Gasteiger partial charge in [0.15, 0.2) is 0 Å².